The molecule has 3 nitrogen and oxygen atoms in total. The number of nitrogens with zero attached hydrogens (tertiary/aromatic N) is 2. The maximum atomic E-state index is 13.6. The topological polar surface area (TPSA) is 38.1 Å². The van der Waals surface area contributed by atoms with Crippen molar-refractivity contribution in [1.29, 1.82) is 0 Å². The molecule has 1 saturated carbocycles. The van der Waals surface area contributed by atoms with Gasteiger partial charge >= 0.3 is 0 Å². The van der Waals surface area contributed by atoms with Crippen molar-refractivity contribution < 1.29 is 9.50 Å². The van der Waals surface area contributed by atoms with Gasteiger partial charge in [0.25, 0.3) is 0 Å². The monoisotopic (exact) mass is 300 g/mol. The van der Waals surface area contributed by atoms with Crippen LogP contribution in [0, 0.1) is 11.7 Å². The highest BCUT2D eigenvalue weighted by molar-refractivity contribution is 5.69. The highest BCUT2D eigenvalue weighted by Crippen LogP contribution is 2.43. The minimum atomic E-state index is -0.295. The van der Waals surface area contributed by atoms with Crippen LogP contribution < -0.4 is 0 Å². The Morgan fingerprint density at radius 1 is 1.27 bits per heavy atom. The minimum absolute atomic E-state index is 0.0741. The molecule has 0 bridgehead atoms. The van der Waals surface area contributed by atoms with Crippen LogP contribution in [0.15, 0.2) is 30.7 Å². The molecule has 2 unspecified atom stereocenters. The fraction of sp³-hybridized carbons (Fsp3) is 0.500. The van der Waals surface area contributed by atoms with Gasteiger partial charge < -0.3 is 9.67 Å². The summed E-state index contributed by atoms with van der Waals surface area (Å²) in [6.07, 6.45) is 9.97. The Bertz CT molecular complexity index is 675. The summed E-state index contributed by atoms with van der Waals surface area (Å²) in [6, 6.07) is 5.02. The molecule has 1 aliphatic heterocycles. The first-order valence-electron chi connectivity index (χ1n) is 8.24. The molecule has 116 valence electrons. The third-order valence-corrected chi connectivity index (χ3v) is 5.31. The highest BCUT2D eigenvalue weighted by Gasteiger charge is 2.32. The maximum Gasteiger partial charge on any atom is 0.123 e. The molecular formula is C18H21FN2O. The number of halogens is 1. The molecule has 1 aliphatic carbocycles. The van der Waals surface area contributed by atoms with Crippen molar-refractivity contribution in [2.24, 2.45) is 5.92 Å². The SMILES string of the molecule is OC(CC1c2ccc(F)cc2-c2cncn21)C1CCCCC1. The van der Waals surface area contributed by atoms with Crippen molar-refractivity contribution in [3.8, 4) is 11.3 Å². The molecule has 2 heterocycles. The molecule has 0 radical (unpaired) electrons. The van der Waals surface area contributed by atoms with Crippen molar-refractivity contribution >= 4 is 0 Å². The van der Waals surface area contributed by atoms with Gasteiger partial charge in [-0.2, -0.15) is 0 Å². The summed E-state index contributed by atoms with van der Waals surface area (Å²) in [4.78, 5) is 4.20. The van der Waals surface area contributed by atoms with E-state index in [1.54, 1.807) is 18.6 Å². The summed E-state index contributed by atoms with van der Waals surface area (Å²) >= 11 is 0. The zero-order valence-electron chi connectivity index (χ0n) is 12.6. The molecule has 1 aromatic carbocycles. The Morgan fingerprint density at radius 2 is 2.09 bits per heavy atom. The lowest BCUT2D eigenvalue weighted by atomic mass is 9.82. The summed E-state index contributed by atoms with van der Waals surface area (Å²) < 4.78 is 15.6. The number of hydrogen-bond acceptors (Lipinski definition) is 2. The van der Waals surface area contributed by atoms with Gasteiger partial charge in [0.1, 0.15) is 5.82 Å². The van der Waals surface area contributed by atoms with Gasteiger partial charge in [-0.3, -0.25) is 0 Å². The van der Waals surface area contributed by atoms with Crippen LogP contribution in [-0.2, 0) is 0 Å². The van der Waals surface area contributed by atoms with Crippen LogP contribution >= 0.6 is 0 Å². The second-order valence-electron chi connectivity index (χ2n) is 6.63. The first-order valence-corrected chi connectivity index (χ1v) is 8.24. The number of fused-ring (bicyclic) bond motifs is 3. The van der Waals surface area contributed by atoms with E-state index in [-0.39, 0.29) is 18.0 Å². The number of benzene rings is 1. The average molecular weight is 300 g/mol. The minimum Gasteiger partial charge on any atom is -0.393 e. The zero-order chi connectivity index (χ0) is 15.1. The van der Waals surface area contributed by atoms with E-state index >= 15 is 0 Å². The smallest absolute Gasteiger partial charge is 0.123 e. The van der Waals surface area contributed by atoms with E-state index in [0.29, 0.717) is 12.3 Å². The molecule has 22 heavy (non-hydrogen) atoms. The summed E-state index contributed by atoms with van der Waals surface area (Å²) in [6.45, 7) is 0. The van der Waals surface area contributed by atoms with Crippen LogP contribution in [0.3, 0.4) is 0 Å². The second-order valence-corrected chi connectivity index (χ2v) is 6.63. The standard InChI is InChI=1S/C18H21FN2O/c19-13-6-7-14-15(8-13)17-10-20-11-21(17)16(14)9-18(22)12-4-2-1-3-5-12/h6-8,10-12,16,18,22H,1-5,9H2. The predicted molar refractivity (Wildman–Crippen MR) is 83.0 cm³/mol. The molecule has 0 amide bonds. The zero-order valence-corrected chi connectivity index (χ0v) is 12.6. The highest BCUT2D eigenvalue weighted by atomic mass is 19.1. The van der Waals surface area contributed by atoms with E-state index in [4.69, 9.17) is 0 Å². The summed E-state index contributed by atoms with van der Waals surface area (Å²) in [5, 5.41) is 10.7. The Kier molecular flexibility index (Phi) is 3.49. The number of imidazole rings is 1. The van der Waals surface area contributed by atoms with E-state index in [0.717, 1.165) is 29.7 Å². The van der Waals surface area contributed by atoms with Crippen molar-refractivity contribution in [3.63, 3.8) is 0 Å². The van der Waals surface area contributed by atoms with Gasteiger partial charge in [-0.05, 0) is 42.9 Å². The molecule has 0 spiro atoms. The third kappa shape index (κ3) is 2.26. The average Bonchev–Trinajstić information content (AvgIpc) is 3.11. The number of aromatic nitrogens is 2. The van der Waals surface area contributed by atoms with Gasteiger partial charge in [-0.25, -0.2) is 9.37 Å². The number of aliphatic hydroxyl groups is 1. The number of hydrogen-bond donors (Lipinski definition) is 1. The van der Waals surface area contributed by atoms with Gasteiger partial charge in [0.15, 0.2) is 0 Å². The Labute approximate surface area is 129 Å². The maximum absolute atomic E-state index is 13.6. The lowest BCUT2D eigenvalue weighted by Gasteiger charge is -2.29. The van der Waals surface area contributed by atoms with Gasteiger partial charge in [0.2, 0.25) is 0 Å². The molecule has 4 rings (SSSR count). The van der Waals surface area contributed by atoms with Crippen molar-refractivity contribution in [2.75, 3.05) is 0 Å². The third-order valence-electron chi connectivity index (χ3n) is 5.31. The fourth-order valence-electron chi connectivity index (χ4n) is 4.13. The van der Waals surface area contributed by atoms with Crippen LogP contribution in [0.25, 0.3) is 11.3 Å². The first kappa shape index (κ1) is 13.9. The van der Waals surface area contributed by atoms with Crippen LogP contribution in [0.5, 0.6) is 0 Å². The molecule has 1 fully saturated rings. The van der Waals surface area contributed by atoms with Gasteiger partial charge in [0, 0.05) is 5.56 Å². The number of rotatable bonds is 3. The van der Waals surface area contributed by atoms with Crippen LogP contribution in [0.4, 0.5) is 4.39 Å². The predicted octanol–water partition coefficient (Wildman–Crippen LogP) is 3.92. The van der Waals surface area contributed by atoms with E-state index in [2.05, 4.69) is 9.55 Å². The molecule has 2 aromatic rings. The molecule has 1 aromatic heterocycles. The Balaban J connectivity index is 1.62. The normalized spacial score (nSPS) is 22.4. The number of aliphatic hydroxyl groups excluding tert-OH is 1. The lowest BCUT2D eigenvalue weighted by Crippen LogP contribution is -2.26. The largest absolute Gasteiger partial charge is 0.393 e. The Hall–Kier alpha value is -1.68. The van der Waals surface area contributed by atoms with E-state index in [9.17, 15) is 9.50 Å². The van der Waals surface area contributed by atoms with Crippen LogP contribution in [0.2, 0.25) is 0 Å². The molecule has 2 atom stereocenters. The molecule has 4 heteroatoms. The Morgan fingerprint density at radius 3 is 2.91 bits per heavy atom. The molecule has 0 saturated heterocycles. The van der Waals surface area contributed by atoms with Gasteiger partial charge in [0.05, 0.1) is 30.4 Å². The van der Waals surface area contributed by atoms with Gasteiger partial charge in [-0.15, -0.1) is 0 Å². The van der Waals surface area contributed by atoms with E-state index in [1.165, 1.54) is 25.3 Å². The van der Waals surface area contributed by atoms with Crippen LogP contribution in [0.1, 0.15) is 50.1 Å². The lowest BCUT2D eigenvalue weighted by molar-refractivity contribution is 0.0686. The summed E-state index contributed by atoms with van der Waals surface area (Å²) in [5.74, 6) is 0.185. The van der Waals surface area contributed by atoms with E-state index in [1.807, 2.05) is 6.07 Å². The first-order chi connectivity index (χ1) is 10.7. The summed E-state index contributed by atoms with van der Waals surface area (Å²) in [7, 11) is 0. The molecule has 1 N–H and O–H groups in total. The second kappa shape index (κ2) is 5.51. The quantitative estimate of drug-likeness (QED) is 0.933. The van der Waals surface area contributed by atoms with Crippen molar-refractivity contribution in [3.05, 3.63) is 42.1 Å². The molecule has 2 aliphatic rings. The van der Waals surface area contributed by atoms with Crippen LogP contribution in [-0.4, -0.2) is 20.8 Å². The van der Waals surface area contributed by atoms with E-state index < -0.39 is 0 Å². The van der Waals surface area contributed by atoms with Gasteiger partial charge in [-0.1, -0.05) is 25.3 Å². The van der Waals surface area contributed by atoms with Crippen molar-refractivity contribution in [2.45, 2.75) is 50.7 Å². The van der Waals surface area contributed by atoms with Crippen molar-refractivity contribution in [1.82, 2.24) is 9.55 Å². The summed E-state index contributed by atoms with van der Waals surface area (Å²) in [5.41, 5.74) is 2.97. The molecular weight excluding hydrogens is 279 g/mol. The fourth-order valence-corrected chi connectivity index (χ4v) is 4.13.